The highest BCUT2D eigenvalue weighted by molar-refractivity contribution is 5.48. The number of hydrogen-bond acceptors (Lipinski definition) is 3. The molecule has 0 radical (unpaired) electrons. The summed E-state index contributed by atoms with van der Waals surface area (Å²) in [6.07, 6.45) is 5.72. The fraction of sp³-hybridized carbons (Fsp3) is 0.500. The van der Waals surface area contributed by atoms with E-state index < -0.39 is 0 Å². The lowest BCUT2D eigenvalue weighted by Crippen LogP contribution is -2.13. The highest BCUT2D eigenvalue weighted by Crippen LogP contribution is 2.22. The molecule has 0 aliphatic carbocycles. The molecule has 4 nitrogen and oxygen atoms in total. The molecule has 1 atom stereocenters. The van der Waals surface area contributed by atoms with Gasteiger partial charge in [-0.15, -0.1) is 0 Å². The second-order valence-electron chi connectivity index (χ2n) is 5.25. The highest BCUT2D eigenvalue weighted by atomic mass is 15.2. The van der Waals surface area contributed by atoms with E-state index in [2.05, 4.69) is 30.9 Å². The van der Waals surface area contributed by atoms with E-state index in [-0.39, 0.29) is 11.5 Å². The zero-order valence-electron chi connectivity index (χ0n) is 10.2. The van der Waals surface area contributed by atoms with E-state index >= 15 is 0 Å². The third-order valence-corrected chi connectivity index (χ3v) is 2.74. The van der Waals surface area contributed by atoms with E-state index in [1.807, 2.05) is 19.3 Å². The maximum atomic E-state index is 5.85. The van der Waals surface area contributed by atoms with Gasteiger partial charge in [0.2, 0.25) is 0 Å². The number of aromatic nitrogens is 3. The molecule has 0 aliphatic rings. The van der Waals surface area contributed by atoms with Gasteiger partial charge in [-0.05, 0) is 17.9 Å². The molecule has 0 amide bonds. The van der Waals surface area contributed by atoms with Crippen molar-refractivity contribution >= 4 is 5.65 Å². The van der Waals surface area contributed by atoms with Gasteiger partial charge in [0.25, 0.3) is 0 Å². The summed E-state index contributed by atoms with van der Waals surface area (Å²) >= 11 is 0. The molecule has 86 valence electrons. The van der Waals surface area contributed by atoms with Gasteiger partial charge < -0.3 is 5.73 Å². The number of fused-ring (bicyclic) bond motifs is 1. The first kappa shape index (κ1) is 11.1. The SMILES string of the molecule is CC(N)c1cnn2cc(C(C)(C)C)cnc12. The largest absolute Gasteiger partial charge is 0.324 e. The third kappa shape index (κ3) is 1.80. The lowest BCUT2D eigenvalue weighted by Gasteiger charge is -2.18. The van der Waals surface area contributed by atoms with Crippen LogP contribution >= 0.6 is 0 Å². The van der Waals surface area contributed by atoms with Crippen LogP contribution in [0, 0.1) is 0 Å². The highest BCUT2D eigenvalue weighted by Gasteiger charge is 2.16. The molecule has 0 saturated carbocycles. The molecule has 1 unspecified atom stereocenters. The quantitative estimate of drug-likeness (QED) is 0.797. The van der Waals surface area contributed by atoms with E-state index in [9.17, 15) is 0 Å². The molecule has 4 heteroatoms. The fourth-order valence-corrected chi connectivity index (χ4v) is 1.60. The van der Waals surface area contributed by atoms with Gasteiger partial charge in [0, 0.05) is 24.0 Å². The molecule has 16 heavy (non-hydrogen) atoms. The van der Waals surface area contributed by atoms with Gasteiger partial charge in [0.05, 0.1) is 6.20 Å². The van der Waals surface area contributed by atoms with Gasteiger partial charge in [0.1, 0.15) is 0 Å². The molecule has 0 aromatic carbocycles. The minimum Gasteiger partial charge on any atom is -0.324 e. The van der Waals surface area contributed by atoms with E-state index in [4.69, 9.17) is 5.73 Å². The predicted molar refractivity (Wildman–Crippen MR) is 64.3 cm³/mol. The maximum absolute atomic E-state index is 5.85. The van der Waals surface area contributed by atoms with Crippen LogP contribution < -0.4 is 5.73 Å². The zero-order chi connectivity index (χ0) is 11.9. The van der Waals surface area contributed by atoms with Crippen molar-refractivity contribution in [1.29, 1.82) is 0 Å². The minimum absolute atomic E-state index is 0.0366. The maximum Gasteiger partial charge on any atom is 0.159 e. The molecule has 2 aromatic heterocycles. The van der Waals surface area contributed by atoms with E-state index in [1.165, 1.54) is 5.56 Å². The van der Waals surface area contributed by atoms with Gasteiger partial charge in [-0.2, -0.15) is 5.10 Å². The minimum atomic E-state index is -0.0366. The molecular weight excluding hydrogens is 200 g/mol. The van der Waals surface area contributed by atoms with Crippen molar-refractivity contribution in [2.24, 2.45) is 5.73 Å². The predicted octanol–water partition coefficient (Wildman–Crippen LogP) is 2.05. The van der Waals surface area contributed by atoms with Crippen molar-refractivity contribution < 1.29 is 0 Å². The summed E-state index contributed by atoms with van der Waals surface area (Å²) in [6.45, 7) is 8.42. The van der Waals surface area contributed by atoms with Crippen LogP contribution in [0.3, 0.4) is 0 Å². The Labute approximate surface area is 95.5 Å². The molecule has 2 heterocycles. The Balaban J connectivity index is 2.58. The summed E-state index contributed by atoms with van der Waals surface area (Å²) in [4.78, 5) is 4.45. The van der Waals surface area contributed by atoms with Crippen LogP contribution in [0.2, 0.25) is 0 Å². The normalized spacial score (nSPS) is 14.3. The van der Waals surface area contributed by atoms with Crippen LogP contribution in [0.15, 0.2) is 18.6 Å². The Hall–Kier alpha value is -1.42. The van der Waals surface area contributed by atoms with Crippen LogP contribution in [-0.2, 0) is 5.41 Å². The molecule has 0 fully saturated rings. The van der Waals surface area contributed by atoms with Crippen molar-refractivity contribution in [2.45, 2.75) is 39.2 Å². The molecule has 0 aliphatic heterocycles. The van der Waals surface area contributed by atoms with Crippen LogP contribution in [0.1, 0.15) is 44.9 Å². The molecule has 0 spiro atoms. The van der Waals surface area contributed by atoms with Crippen molar-refractivity contribution in [2.75, 3.05) is 0 Å². The Morgan fingerprint density at radius 2 is 2.00 bits per heavy atom. The van der Waals surface area contributed by atoms with Gasteiger partial charge in [0.15, 0.2) is 5.65 Å². The Bertz CT molecular complexity index is 505. The molecule has 0 bridgehead atoms. The summed E-state index contributed by atoms with van der Waals surface area (Å²) in [5, 5.41) is 4.29. The smallest absolute Gasteiger partial charge is 0.159 e. The summed E-state index contributed by atoms with van der Waals surface area (Å²) < 4.78 is 1.80. The molecule has 0 saturated heterocycles. The van der Waals surface area contributed by atoms with Gasteiger partial charge in [-0.1, -0.05) is 20.8 Å². The van der Waals surface area contributed by atoms with Gasteiger partial charge >= 0.3 is 0 Å². The van der Waals surface area contributed by atoms with E-state index in [0.29, 0.717) is 0 Å². The second-order valence-corrected chi connectivity index (χ2v) is 5.25. The first-order valence-electron chi connectivity index (χ1n) is 5.49. The van der Waals surface area contributed by atoms with Crippen molar-refractivity contribution in [3.8, 4) is 0 Å². The lowest BCUT2D eigenvalue weighted by molar-refractivity contribution is 0.581. The standard InChI is InChI=1S/C12H18N4/c1-8(13)10-6-15-16-7-9(12(2,3)4)5-14-11(10)16/h5-8H,13H2,1-4H3. The molecule has 2 aromatic rings. The number of rotatable bonds is 1. The average molecular weight is 218 g/mol. The van der Waals surface area contributed by atoms with Gasteiger partial charge in [-0.25, -0.2) is 9.50 Å². The first-order valence-corrected chi connectivity index (χ1v) is 5.49. The zero-order valence-corrected chi connectivity index (χ0v) is 10.2. The number of hydrogen-bond donors (Lipinski definition) is 1. The Morgan fingerprint density at radius 1 is 1.31 bits per heavy atom. The van der Waals surface area contributed by atoms with E-state index in [1.54, 1.807) is 10.7 Å². The van der Waals surface area contributed by atoms with Crippen LogP contribution in [-0.4, -0.2) is 14.6 Å². The lowest BCUT2D eigenvalue weighted by atomic mass is 9.89. The number of nitrogens with two attached hydrogens (primary N) is 1. The average Bonchev–Trinajstić information content (AvgIpc) is 2.58. The summed E-state index contributed by atoms with van der Waals surface area (Å²) in [5.74, 6) is 0. The van der Waals surface area contributed by atoms with Crippen molar-refractivity contribution in [1.82, 2.24) is 14.6 Å². The summed E-state index contributed by atoms with van der Waals surface area (Å²) in [5.41, 5.74) is 8.94. The van der Waals surface area contributed by atoms with Crippen LogP contribution in [0.5, 0.6) is 0 Å². The first-order chi connectivity index (χ1) is 7.39. The summed E-state index contributed by atoms with van der Waals surface area (Å²) in [7, 11) is 0. The molecule has 2 N–H and O–H groups in total. The fourth-order valence-electron chi connectivity index (χ4n) is 1.60. The Morgan fingerprint density at radius 3 is 2.56 bits per heavy atom. The molecular formula is C12H18N4. The summed E-state index contributed by atoms with van der Waals surface area (Å²) in [6, 6.07) is -0.0366. The van der Waals surface area contributed by atoms with Crippen LogP contribution in [0.25, 0.3) is 5.65 Å². The monoisotopic (exact) mass is 218 g/mol. The second kappa shape index (κ2) is 3.56. The van der Waals surface area contributed by atoms with E-state index in [0.717, 1.165) is 11.2 Å². The van der Waals surface area contributed by atoms with Crippen LogP contribution in [0.4, 0.5) is 0 Å². The van der Waals surface area contributed by atoms with Gasteiger partial charge in [-0.3, -0.25) is 0 Å². The van der Waals surface area contributed by atoms with Crippen molar-refractivity contribution in [3.63, 3.8) is 0 Å². The topological polar surface area (TPSA) is 56.2 Å². The third-order valence-electron chi connectivity index (χ3n) is 2.74. The molecule has 2 rings (SSSR count). The Kier molecular flexibility index (Phi) is 2.46. The number of nitrogens with zero attached hydrogens (tertiary/aromatic N) is 3. The van der Waals surface area contributed by atoms with Crippen molar-refractivity contribution in [3.05, 3.63) is 29.7 Å².